The SMILES string of the molecule is Cc1ccsc1C(CN)N1CCCC(CO)C1. The van der Waals surface area contributed by atoms with Crippen LogP contribution in [0, 0.1) is 12.8 Å². The first kappa shape index (κ1) is 13.0. The van der Waals surface area contributed by atoms with Gasteiger partial charge in [-0.15, -0.1) is 11.3 Å². The molecule has 2 unspecified atom stereocenters. The van der Waals surface area contributed by atoms with Crippen molar-refractivity contribution >= 4 is 11.3 Å². The number of hydrogen-bond donors (Lipinski definition) is 2. The Morgan fingerprint density at radius 3 is 3.06 bits per heavy atom. The van der Waals surface area contributed by atoms with Gasteiger partial charge in [0.05, 0.1) is 6.04 Å². The third kappa shape index (κ3) is 2.88. The second kappa shape index (κ2) is 5.96. The van der Waals surface area contributed by atoms with Crippen molar-refractivity contribution in [1.82, 2.24) is 4.90 Å². The fourth-order valence-corrected chi connectivity index (χ4v) is 3.75. The van der Waals surface area contributed by atoms with Gasteiger partial charge in [-0.3, -0.25) is 4.90 Å². The van der Waals surface area contributed by atoms with Crippen molar-refractivity contribution in [3.8, 4) is 0 Å². The maximum Gasteiger partial charge on any atom is 0.0567 e. The van der Waals surface area contributed by atoms with Crippen LogP contribution in [-0.4, -0.2) is 36.2 Å². The number of nitrogens with zero attached hydrogens (tertiary/aromatic N) is 1. The first-order valence-corrected chi connectivity index (χ1v) is 7.23. The molecule has 1 aromatic rings. The Labute approximate surface area is 107 Å². The van der Waals surface area contributed by atoms with Gasteiger partial charge >= 0.3 is 0 Å². The Morgan fingerprint density at radius 1 is 1.65 bits per heavy atom. The highest BCUT2D eigenvalue weighted by Crippen LogP contribution is 2.31. The molecule has 0 spiro atoms. The lowest BCUT2D eigenvalue weighted by Gasteiger charge is -2.37. The van der Waals surface area contributed by atoms with E-state index in [0.29, 0.717) is 25.1 Å². The summed E-state index contributed by atoms with van der Waals surface area (Å²) in [6, 6.07) is 2.50. The average molecular weight is 254 g/mol. The van der Waals surface area contributed by atoms with E-state index >= 15 is 0 Å². The fraction of sp³-hybridized carbons (Fsp3) is 0.692. The summed E-state index contributed by atoms with van der Waals surface area (Å²) in [7, 11) is 0. The molecule has 2 heterocycles. The van der Waals surface area contributed by atoms with Gasteiger partial charge in [0.1, 0.15) is 0 Å². The second-order valence-corrected chi connectivity index (χ2v) is 5.85. The molecular formula is C13H22N2OS. The molecule has 17 heavy (non-hydrogen) atoms. The van der Waals surface area contributed by atoms with E-state index in [1.54, 1.807) is 11.3 Å². The minimum Gasteiger partial charge on any atom is -0.396 e. The molecule has 1 aliphatic rings. The third-order valence-electron chi connectivity index (χ3n) is 3.68. The molecule has 0 aromatic carbocycles. The van der Waals surface area contributed by atoms with Gasteiger partial charge in [-0.2, -0.15) is 0 Å². The lowest BCUT2D eigenvalue weighted by Crippen LogP contribution is -2.41. The highest BCUT2D eigenvalue weighted by atomic mass is 32.1. The van der Waals surface area contributed by atoms with E-state index in [1.807, 2.05) is 0 Å². The predicted octanol–water partition coefficient (Wildman–Crippen LogP) is 1.76. The van der Waals surface area contributed by atoms with Crippen molar-refractivity contribution in [3.63, 3.8) is 0 Å². The van der Waals surface area contributed by atoms with E-state index in [9.17, 15) is 5.11 Å². The molecule has 1 fully saturated rings. The van der Waals surface area contributed by atoms with Gasteiger partial charge in [0.25, 0.3) is 0 Å². The molecule has 0 bridgehead atoms. The van der Waals surface area contributed by atoms with Crippen LogP contribution in [-0.2, 0) is 0 Å². The van der Waals surface area contributed by atoms with Crippen LogP contribution in [0.1, 0.15) is 29.3 Å². The molecule has 2 rings (SSSR count). The standard InChI is InChI=1S/C13H22N2OS/c1-10-4-6-17-13(10)12(7-14)15-5-2-3-11(8-15)9-16/h4,6,11-12,16H,2-3,5,7-9,14H2,1H3. The number of thiophene rings is 1. The topological polar surface area (TPSA) is 49.5 Å². The van der Waals surface area contributed by atoms with E-state index in [2.05, 4.69) is 23.3 Å². The maximum absolute atomic E-state index is 9.29. The molecule has 3 nitrogen and oxygen atoms in total. The molecule has 96 valence electrons. The van der Waals surface area contributed by atoms with Crippen molar-refractivity contribution in [2.75, 3.05) is 26.2 Å². The van der Waals surface area contributed by atoms with Crippen molar-refractivity contribution in [2.24, 2.45) is 11.7 Å². The molecule has 1 aromatic heterocycles. The van der Waals surface area contributed by atoms with E-state index in [0.717, 1.165) is 19.5 Å². The van der Waals surface area contributed by atoms with Crippen molar-refractivity contribution in [3.05, 3.63) is 21.9 Å². The number of aryl methyl sites for hydroxylation is 1. The summed E-state index contributed by atoms with van der Waals surface area (Å²) in [4.78, 5) is 3.84. The van der Waals surface area contributed by atoms with Crippen LogP contribution in [0.2, 0.25) is 0 Å². The molecule has 3 N–H and O–H groups in total. The van der Waals surface area contributed by atoms with E-state index in [4.69, 9.17) is 5.73 Å². The molecule has 1 aliphatic heterocycles. The Kier molecular flexibility index (Phi) is 4.56. The molecule has 1 saturated heterocycles. The monoisotopic (exact) mass is 254 g/mol. The zero-order chi connectivity index (χ0) is 12.3. The van der Waals surface area contributed by atoms with Gasteiger partial charge in [0.15, 0.2) is 0 Å². The van der Waals surface area contributed by atoms with Gasteiger partial charge in [-0.25, -0.2) is 0 Å². The summed E-state index contributed by atoms with van der Waals surface area (Å²) in [5, 5.41) is 11.4. The summed E-state index contributed by atoms with van der Waals surface area (Å²) in [5.41, 5.74) is 7.30. The molecular weight excluding hydrogens is 232 g/mol. The first-order chi connectivity index (χ1) is 8.26. The van der Waals surface area contributed by atoms with Gasteiger partial charge < -0.3 is 10.8 Å². The van der Waals surface area contributed by atoms with Crippen molar-refractivity contribution in [2.45, 2.75) is 25.8 Å². The summed E-state index contributed by atoms with van der Waals surface area (Å²) < 4.78 is 0. The number of aliphatic hydroxyl groups excluding tert-OH is 1. The minimum atomic E-state index is 0.303. The van der Waals surface area contributed by atoms with Crippen LogP contribution in [0.4, 0.5) is 0 Å². The lowest BCUT2D eigenvalue weighted by molar-refractivity contribution is 0.0910. The van der Waals surface area contributed by atoms with Crippen LogP contribution < -0.4 is 5.73 Å². The molecule has 0 radical (unpaired) electrons. The highest BCUT2D eigenvalue weighted by Gasteiger charge is 2.27. The van der Waals surface area contributed by atoms with E-state index in [1.165, 1.54) is 16.9 Å². The number of nitrogens with two attached hydrogens (primary N) is 1. The number of rotatable bonds is 4. The largest absolute Gasteiger partial charge is 0.396 e. The molecule has 0 saturated carbocycles. The molecule has 0 aliphatic carbocycles. The number of hydrogen-bond acceptors (Lipinski definition) is 4. The molecule has 2 atom stereocenters. The molecule has 4 heteroatoms. The normalized spacial score (nSPS) is 23.8. The Morgan fingerprint density at radius 2 is 2.47 bits per heavy atom. The number of likely N-dealkylation sites (tertiary alicyclic amines) is 1. The van der Waals surface area contributed by atoms with Crippen molar-refractivity contribution < 1.29 is 5.11 Å². The zero-order valence-corrected chi connectivity index (χ0v) is 11.2. The van der Waals surface area contributed by atoms with Crippen LogP contribution in [0.25, 0.3) is 0 Å². The first-order valence-electron chi connectivity index (χ1n) is 6.35. The lowest BCUT2D eigenvalue weighted by atomic mass is 9.96. The Bertz CT molecular complexity index is 353. The summed E-state index contributed by atoms with van der Waals surface area (Å²) in [6.45, 7) is 5.21. The highest BCUT2D eigenvalue weighted by molar-refractivity contribution is 7.10. The quantitative estimate of drug-likeness (QED) is 0.861. The van der Waals surface area contributed by atoms with Crippen LogP contribution in [0.5, 0.6) is 0 Å². The fourth-order valence-electron chi connectivity index (χ4n) is 2.68. The minimum absolute atomic E-state index is 0.303. The zero-order valence-electron chi connectivity index (χ0n) is 10.4. The number of piperidine rings is 1. The third-order valence-corrected chi connectivity index (χ3v) is 4.80. The summed E-state index contributed by atoms with van der Waals surface area (Å²) in [6.07, 6.45) is 2.32. The van der Waals surface area contributed by atoms with Crippen molar-refractivity contribution in [1.29, 1.82) is 0 Å². The predicted molar refractivity (Wildman–Crippen MR) is 72.2 cm³/mol. The Hall–Kier alpha value is -0.420. The summed E-state index contributed by atoms with van der Waals surface area (Å²) >= 11 is 1.80. The maximum atomic E-state index is 9.29. The molecule has 0 amide bonds. The van der Waals surface area contributed by atoms with Crippen LogP contribution >= 0.6 is 11.3 Å². The van der Waals surface area contributed by atoms with E-state index < -0.39 is 0 Å². The smallest absolute Gasteiger partial charge is 0.0567 e. The number of aliphatic hydroxyl groups is 1. The van der Waals surface area contributed by atoms with Gasteiger partial charge in [-0.05, 0) is 49.2 Å². The van der Waals surface area contributed by atoms with Crippen LogP contribution in [0.3, 0.4) is 0 Å². The Balaban J connectivity index is 2.10. The summed E-state index contributed by atoms with van der Waals surface area (Å²) in [5.74, 6) is 0.429. The second-order valence-electron chi connectivity index (χ2n) is 4.91. The van der Waals surface area contributed by atoms with E-state index in [-0.39, 0.29) is 0 Å². The van der Waals surface area contributed by atoms with Gasteiger partial charge in [0, 0.05) is 24.6 Å². The van der Waals surface area contributed by atoms with Gasteiger partial charge in [-0.1, -0.05) is 0 Å². The average Bonchev–Trinajstić information content (AvgIpc) is 2.77. The van der Waals surface area contributed by atoms with Crippen LogP contribution in [0.15, 0.2) is 11.4 Å². The van der Waals surface area contributed by atoms with Gasteiger partial charge in [0.2, 0.25) is 0 Å².